The van der Waals surface area contributed by atoms with E-state index in [0.29, 0.717) is 24.3 Å². The first-order chi connectivity index (χ1) is 14.0. The second kappa shape index (κ2) is 9.60. The number of carbonyl (C=O) groups is 2. The van der Waals surface area contributed by atoms with Crippen molar-refractivity contribution in [2.45, 2.75) is 40.2 Å². The van der Waals surface area contributed by atoms with Crippen LogP contribution < -0.4 is 10.5 Å². The minimum absolute atomic E-state index is 0.185. The largest absolute Gasteiger partial charge is 0.496 e. The van der Waals surface area contributed by atoms with Crippen LogP contribution in [0.4, 0.5) is 0 Å². The Kier molecular flexibility index (Phi) is 7.64. The highest BCUT2D eigenvalue weighted by Crippen LogP contribution is 2.38. The Morgan fingerprint density at radius 3 is 2.47 bits per heavy atom. The summed E-state index contributed by atoms with van der Waals surface area (Å²) in [6.07, 6.45) is 2.12. The molecule has 1 amide bonds. The Bertz CT molecular complexity index is 992. The third-order valence-corrected chi connectivity index (χ3v) is 6.23. The molecule has 0 aliphatic rings. The van der Waals surface area contributed by atoms with Gasteiger partial charge in [-0.25, -0.2) is 0 Å². The van der Waals surface area contributed by atoms with Gasteiger partial charge in [-0.15, -0.1) is 0 Å². The predicted octanol–water partition coefficient (Wildman–Crippen LogP) is 2.44. The van der Waals surface area contributed by atoms with E-state index in [1.165, 1.54) is 0 Å². The summed E-state index contributed by atoms with van der Waals surface area (Å²) in [5.74, 6) is -1.55. The molecule has 0 spiro atoms. The van der Waals surface area contributed by atoms with Gasteiger partial charge in [-0.05, 0) is 42.9 Å². The molecule has 30 heavy (non-hydrogen) atoms. The molecule has 1 aromatic heterocycles. The van der Waals surface area contributed by atoms with E-state index in [-0.39, 0.29) is 24.1 Å². The van der Waals surface area contributed by atoms with Crippen molar-refractivity contribution < 1.29 is 28.7 Å². The van der Waals surface area contributed by atoms with Crippen molar-refractivity contribution in [1.82, 2.24) is 4.57 Å². The Morgan fingerprint density at radius 1 is 1.27 bits per heavy atom. The molecule has 0 saturated heterocycles. The Balaban J connectivity index is 2.56. The number of rotatable bonds is 10. The minimum Gasteiger partial charge on any atom is -0.496 e. The van der Waals surface area contributed by atoms with Crippen molar-refractivity contribution in [3.63, 3.8) is 0 Å². The van der Waals surface area contributed by atoms with Gasteiger partial charge in [0.25, 0.3) is 11.7 Å². The fourth-order valence-electron chi connectivity index (χ4n) is 3.81. The smallest absolute Gasteiger partial charge is 0.325 e. The molecular formula is C21H29N2O6P. The lowest BCUT2D eigenvalue weighted by atomic mass is 9.96. The first kappa shape index (κ1) is 23.9. The van der Waals surface area contributed by atoms with Crippen LogP contribution in [0.25, 0.3) is 0 Å². The zero-order chi connectivity index (χ0) is 22.6. The standard InChI is InChI=1S/C21H29N2O6P/c1-5-18-15(9-13(2)12-30(26,27)28)17(20(24)21(22)25)11-23(18)10-16-14(3)7-6-8-19(16)29-4/h6-8,11,13H,5,9-10,12H2,1-4H3,(H2,22,25)(H2,26,27,28). The zero-order valence-electron chi connectivity index (χ0n) is 17.7. The number of aryl methyl sites for hydroxylation is 1. The maximum atomic E-state index is 12.5. The number of nitrogens with two attached hydrogens (primary N) is 1. The summed E-state index contributed by atoms with van der Waals surface area (Å²) < 4.78 is 18.8. The number of hydrogen-bond acceptors (Lipinski definition) is 4. The summed E-state index contributed by atoms with van der Waals surface area (Å²) in [4.78, 5) is 42.7. The number of hydrogen-bond donors (Lipinski definition) is 3. The van der Waals surface area contributed by atoms with Gasteiger partial charge < -0.3 is 24.8 Å². The molecule has 164 valence electrons. The van der Waals surface area contributed by atoms with E-state index in [9.17, 15) is 23.9 Å². The number of carbonyl (C=O) groups excluding carboxylic acids is 2. The number of nitrogens with zero attached hydrogens (tertiary/aromatic N) is 1. The van der Waals surface area contributed by atoms with Crippen LogP contribution in [0.5, 0.6) is 5.75 Å². The van der Waals surface area contributed by atoms with Crippen molar-refractivity contribution >= 4 is 19.3 Å². The van der Waals surface area contributed by atoms with Crippen molar-refractivity contribution in [3.8, 4) is 5.75 Å². The number of primary amides is 1. The second-order valence-corrected chi connectivity index (χ2v) is 9.25. The quantitative estimate of drug-likeness (QED) is 0.298. The van der Waals surface area contributed by atoms with Crippen molar-refractivity contribution in [2.75, 3.05) is 13.3 Å². The summed E-state index contributed by atoms with van der Waals surface area (Å²) in [6, 6.07) is 5.71. The van der Waals surface area contributed by atoms with Crippen LogP contribution >= 0.6 is 7.60 Å². The van der Waals surface area contributed by atoms with Gasteiger partial charge in [0.15, 0.2) is 0 Å². The average molecular weight is 436 g/mol. The van der Waals surface area contributed by atoms with E-state index in [4.69, 9.17) is 10.5 Å². The van der Waals surface area contributed by atoms with Gasteiger partial charge in [0.2, 0.25) is 0 Å². The number of ether oxygens (including phenoxy) is 1. The summed E-state index contributed by atoms with van der Waals surface area (Å²) in [7, 11) is -2.62. The SMILES string of the molecule is CCc1c(CC(C)CP(=O)(O)O)c(C(=O)C(N)=O)cn1Cc1c(C)cccc1OC. The van der Waals surface area contributed by atoms with Crippen LogP contribution in [0.1, 0.15) is 46.6 Å². The summed E-state index contributed by atoms with van der Waals surface area (Å²) >= 11 is 0. The van der Waals surface area contributed by atoms with Crippen LogP contribution in [0, 0.1) is 12.8 Å². The maximum Gasteiger partial charge on any atom is 0.325 e. The highest BCUT2D eigenvalue weighted by Gasteiger charge is 2.27. The second-order valence-electron chi connectivity index (χ2n) is 7.56. The fourth-order valence-corrected chi connectivity index (χ4v) is 4.75. The summed E-state index contributed by atoms with van der Waals surface area (Å²) in [5.41, 5.74) is 8.82. The molecule has 0 saturated carbocycles. The van der Waals surface area contributed by atoms with Gasteiger partial charge in [0.05, 0.1) is 19.8 Å². The van der Waals surface area contributed by atoms with Gasteiger partial charge in [0.1, 0.15) is 5.75 Å². The molecular weight excluding hydrogens is 407 g/mol. The molecule has 0 aliphatic carbocycles. The molecule has 8 nitrogen and oxygen atoms in total. The first-order valence-corrected chi connectivity index (χ1v) is 11.5. The van der Waals surface area contributed by atoms with E-state index in [1.54, 1.807) is 20.2 Å². The van der Waals surface area contributed by atoms with Crippen LogP contribution in [0.2, 0.25) is 0 Å². The molecule has 0 radical (unpaired) electrons. The lowest BCUT2D eigenvalue weighted by Crippen LogP contribution is -2.24. The average Bonchev–Trinajstić information content (AvgIpc) is 2.97. The Labute approximate surface area is 176 Å². The topological polar surface area (TPSA) is 132 Å². The highest BCUT2D eigenvalue weighted by atomic mass is 31.2. The van der Waals surface area contributed by atoms with Gasteiger partial charge >= 0.3 is 7.60 Å². The van der Waals surface area contributed by atoms with Crippen LogP contribution in [-0.2, 0) is 28.7 Å². The minimum atomic E-state index is -4.21. The van der Waals surface area contributed by atoms with E-state index < -0.39 is 19.3 Å². The van der Waals surface area contributed by atoms with Gasteiger partial charge in [-0.1, -0.05) is 26.0 Å². The third kappa shape index (κ3) is 5.59. The fraction of sp³-hybridized carbons (Fsp3) is 0.429. The molecule has 2 rings (SSSR count). The first-order valence-electron chi connectivity index (χ1n) is 9.70. The Hall–Kier alpha value is -2.41. The molecule has 1 heterocycles. The highest BCUT2D eigenvalue weighted by molar-refractivity contribution is 7.51. The lowest BCUT2D eigenvalue weighted by molar-refractivity contribution is -0.114. The zero-order valence-corrected chi connectivity index (χ0v) is 18.6. The van der Waals surface area contributed by atoms with Crippen molar-refractivity contribution in [3.05, 3.63) is 52.3 Å². The van der Waals surface area contributed by atoms with Gasteiger partial charge in [-0.3, -0.25) is 14.2 Å². The van der Waals surface area contributed by atoms with Crippen LogP contribution in [0.15, 0.2) is 24.4 Å². The predicted molar refractivity (Wildman–Crippen MR) is 114 cm³/mol. The number of aromatic nitrogens is 1. The Morgan fingerprint density at radius 2 is 1.93 bits per heavy atom. The molecule has 2 aromatic rings. The molecule has 0 bridgehead atoms. The van der Waals surface area contributed by atoms with E-state index in [2.05, 4.69) is 0 Å². The molecule has 0 aliphatic heterocycles. The van der Waals surface area contributed by atoms with E-state index in [1.807, 2.05) is 36.6 Å². The third-order valence-electron chi connectivity index (χ3n) is 5.13. The summed E-state index contributed by atoms with van der Waals surface area (Å²) in [5, 5.41) is 0. The van der Waals surface area contributed by atoms with Crippen molar-refractivity contribution in [2.24, 2.45) is 11.7 Å². The molecule has 1 atom stereocenters. The molecule has 4 N–H and O–H groups in total. The van der Waals surface area contributed by atoms with E-state index >= 15 is 0 Å². The molecule has 9 heteroatoms. The number of Topliss-reactive ketones (excluding diaryl/α,β-unsaturated/α-hetero) is 1. The molecule has 1 aromatic carbocycles. The number of amides is 1. The monoisotopic (exact) mass is 436 g/mol. The van der Waals surface area contributed by atoms with Gasteiger partial charge in [0, 0.05) is 23.0 Å². The number of benzene rings is 1. The molecule has 0 fully saturated rings. The maximum absolute atomic E-state index is 12.5. The number of ketones is 1. The normalized spacial score (nSPS) is 12.6. The lowest BCUT2D eigenvalue weighted by Gasteiger charge is -2.17. The van der Waals surface area contributed by atoms with Gasteiger partial charge in [-0.2, -0.15) is 0 Å². The van der Waals surface area contributed by atoms with Crippen LogP contribution in [-0.4, -0.2) is 39.3 Å². The summed E-state index contributed by atoms with van der Waals surface area (Å²) in [6.45, 7) is 6.02. The number of methoxy groups -OCH3 is 1. The van der Waals surface area contributed by atoms with Crippen molar-refractivity contribution in [1.29, 1.82) is 0 Å². The van der Waals surface area contributed by atoms with E-state index in [0.717, 1.165) is 16.8 Å². The molecule has 1 unspecified atom stereocenters. The van der Waals surface area contributed by atoms with Crippen LogP contribution in [0.3, 0.4) is 0 Å².